The number of fused-ring (bicyclic) bond motifs is 1. The van der Waals surface area contributed by atoms with Crippen LogP contribution in [0.4, 0.5) is 0 Å². The molecule has 1 heterocycles. The number of nitrogens with one attached hydrogen (secondary N) is 1. The third-order valence-electron chi connectivity index (χ3n) is 3.74. The van der Waals surface area contributed by atoms with E-state index >= 15 is 0 Å². The fourth-order valence-corrected chi connectivity index (χ4v) is 2.63. The topological polar surface area (TPSA) is 58.0 Å². The minimum absolute atomic E-state index is 0.616. The monoisotopic (exact) mass is 292 g/mol. The van der Waals surface area contributed by atoms with Gasteiger partial charge in [-0.2, -0.15) is 5.26 Å². The Morgan fingerprint density at radius 3 is 2.55 bits per heavy atom. The molecule has 0 saturated heterocycles. The number of hydrogen-bond donors (Lipinski definition) is 1. The molecule has 3 rings (SSSR count). The van der Waals surface area contributed by atoms with E-state index in [-0.39, 0.29) is 0 Å². The number of aromatic amines is 1. The van der Waals surface area contributed by atoms with Gasteiger partial charge in [-0.1, -0.05) is 11.6 Å². The van der Waals surface area contributed by atoms with Gasteiger partial charge in [0.2, 0.25) is 0 Å². The van der Waals surface area contributed by atoms with Crippen LogP contribution in [0.2, 0.25) is 0 Å². The number of methoxy groups -OCH3 is 2. The molecule has 22 heavy (non-hydrogen) atoms. The normalized spacial score (nSPS) is 10.5. The summed E-state index contributed by atoms with van der Waals surface area (Å²) < 4.78 is 10.7. The van der Waals surface area contributed by atoms with Crippen molar-refractivity contribution in [3.05, 3.63) is 47.5 Å². The van der Waals surface area contributed by atoms with E-state index in [1.807, 2.05) is 43.3 Å². The molecular formula is C18H16N2O2. The lowest BCUT2D eigenvalue weighted by Gasteiger charge is -2.09. The first-order valence-electron chi connectivity index (χ1n) is 6.92. The van der Waals surface area contributed by atoms with E-state index in [0.717, 1.165) is 33.5 Å². The average Bonchev–Trinajstić information content (AvgIpc) is 2.91. The Morgan fingerprint density at radius 2 is 1.86 bits per heavy atom. The molecule has 0 amide bonds. The number of benzene rings is 2. The Bertz CT molecular complexity index is 888. The molecule has 110 valence electrons. The minimum Gasteiger partial charge on any atom is -0.497 e. The van der Waals surface area contributed by atoms with Gasteiger partial charge in [-0.3, -0.25) is 0 Å². The Hall–Kier alpha value is -2.93. The first-order chi connectivity index (χ1) is 10.7. The SMILES string of the molecule is COc1ccc(OC)c(-c2[nH]c3ccc(C)cc3c2C#N)c1. The molecule has 4 nitrogen and oxygen atoms in total. The molecular weight excluding hydrogens is 276 g/mol. The van der Waals surface area contributed by atoms with Crippen LogP contribution >= 0.6 is 0 Å². The van der Waals surface area contributed by atoms with Gasteiger partial charge in [0, 0.05) is 16.5 Å². The average molecular weight is 292 g/mol. The number of aryl methyl sites for hydroxylation is 1. The molecule has 0 unspecified atom stereocenters. The van der Waals surface area contributed by atoms with Crippen LogP contribution in [0.25, 0.3) is 22.2 Å². The molecule has 1 aromatic heterocycles. The summed E-state index contributed by atoms with van der Waals surface area (Å²) in [6.45, 7) is 2.01. The Balaban J connectivity index is 2.33. The fraction of sp³-hybridized carbons (Fsp3) is 0.167. The smallest absolute Gasteiger partial charge is 0.128 e. The molecule has 0 aliphatic heterocycles. The highest BCUT2D eigenvalue weighted by Gasteiger charge is 2.17. The summed E-state index contributed by atoms with van der Waals surface area (Å²) in [5.74, 6) is 1.41. The van der Waals surface area contributed by atoms with E-state index in [1.165, 1.54) is 0 Å². The molecule has 3 aromatic rings. The van der Waals surface area contributed by atoms with Crippen molar-refractivity contribution in [1.29, 1.82) is 5.26 Å². The lowest BCUT2D eigenvalue weighted by atomic mass is 10.0. The van der Waals surface area contributed by atoms with Crippen molar-refractivity contribution >= 4 is 10.9 Å². The number of ether oxygens (including phenoxy) is 2. The maximum absolute atomic E-state index is 9.61. The van der Waals surface area contributed by atoms with Gasteiger partial charge in [0.1, 0.15) is 17.6 Å². The van der Waals surface area contributed by atoms with Crippen LogP contribution in [0.5, 0.6) is 11.5 Å². The first kappa shape index (κ1) is 14.0. The van der Waals surface area contributed by atoms with E-state index in [0.29, 0.717) is 11.3 Å². The summed E-state index contributed by atoms with van der Waals surface area (Å²) in [6.07, 6.45) is 0. The van der Waals surface area contributed by atoms with E-state index < -0.39 is 0 Å². The summed E-state index contributed by atoms with van der Waals surface area (Å²) in [4.78, 5) is 3.33. The van der Waals surface area contributed by atoms with Crippen molar-refractivity contribution in [2.45, 2.75) is 6.92 Å². The summed E-state index contributed by atoms with van der Waals surface area (Å²) >= 11 is 0. The Kier molecular flexibility index (Phi) is 3.48. The van der Waals surface area contributed by atoms with Crippen molar-refractivity contribution in [3.63, 3.8) is 0 Å². The van der Waals surface area contributed by atoms with Crippen molar-refractivity contribution in [2.24, 2.45) is 0 Å². The number of rotatable bonds is 3. The lowest BCUT2D eigenvalue weighted by molar-refractivity contribution is 0.404. The lowest BCUT2D eigenvalue weighted by Crippen LogP contribution is -1.91. The van der Waals surface area contributed by atoms with Crippen LogP contribution < -0.4 is 9.47 Å². The van der Waals surface area contributed by atoms with Gasteiger partial charge in [0.15, 0.2) is 0 Å². The first-order valence-corrected chi connectivity index (χ1v) is 6.92. The summed E-state index contributed by atoms with van der Waals surface area (Å²) in [5, 5.41) is 10.5. The number of hydrogen-bond acceptors (Lipinski definition) is 3. The van der Waals surface area contributed by atoms with Crippen LogP contribution in [-0.2, 0) is 0 Å². The summed E-state index contributed by atoms with van der Waals surface area (Å²) in [6, 6.07) is 13.9. The molecule has 0 bridgehead atoms. The van der Waals surface area contributed by atoms with Crippen molar-refractivity contribution in [3.8, 4) is 28.8 Å². The highest BCUT2D eigenvalue weighted by atomic mass is 16.5. The van der Waals surface area contributed by atoms with Gasteiger partial charge in [-0.05, 0) is 37.3 Å². The van der Waals surface area contributed by atoms with Gasteiger partial charge in [0.25, 0.3) is 0 Å². The second-order valence-corrected chi connectivity index (χ2v) is 5.10. The molecule has 1 N–H and O–H groups in total. The molecule has 2 aromatic carbocycles. The van der Waals surface area contributed by atoms with E-state index in [2.05, 4.69) is 11.1 Å². The predicted octanol–water partition coefficient (Wildman–Crippen LogP) is 4.03. The van der Waals surface area contributed by atoms with E-state index in [1.54, 1.807) is 14.2 Å². The highest BCUT2D eigenvalue weighted by Crippen LogP contribution is 2.37. The van der Waals surface area contributed by atoms with Crippen LogP contribution in [0, 0.1) is 18.3 Å². The maximum atomic E-state index is 9.61. The summed E-state index contributed by atoms with van der Waals surface area (Å²) in [5.41, 5.74) is 4.23. The quantitative estimate of drug-likeness (QED) is 0.792. The van der Waals surface area contributed by atoms with Crippen molar-refractivity contribution < 1.29 is 9.47 Å². The fourth-order valence-electron chi connectivity index (χ4n) is 2.63. The van der Waals surface area contributed by atoms with Crippen LogP contribution in [-0.4, -0.2) is 19.2 Å². The van der Waals surface area contributed by atoms with Crippen LogP contribution in [0.15, 0.2) is 36.4 Å². The molecule has 0 radical (unpaired) electrons. The third-order valence-corrected chi connectivity index (χ3v) is 3.74. The van der Waals surface area contributed by atoms with E-state index in [9.17, 15) is 5.26 Å². The molecule has 0 saturated carbocycles. The van der Waals surface area contributed by atoms with Gasteiger partial charge in [0.05, 0.1) is 25.5 Å². The second kappa shape index (κ2) is 5.45. The number of nitrogens with zero attached hydrogens (tertiary/aromatic N) is 1. The van der Waals surface area contributed by atoms with Gasteiger partial charge in [-0.15, -0.1) is 0 Å². The number of H-pyrrole nitrogens is 1. The van der Waals surface area contributed by atoms with E-state index in [4.69, 9.17) is 9.47 Å². The van der Waals surface area contributed by atoms with Crippen molar-refractivity contribution in [2.75, 3.05) is 14.2 Å². The molecule has 0 fully saturated rings. The van der Waals surface area contributed by atoms with Gasteiger partial charge < -0.3 is 14.5 Å². The molecule has 4 heteroatoms. The molecule has 0 spiro atoms. The predicted molar refractivity (Wildman–Crippen MR) is 86.3 cm³/mol. The van der Waals surface area contributed by atoms with Gasteiger partial charge in [-0.25, -0.2) is 0 Å². The maximum Gasteiger partial charge on any atom is 0.128 e. The van der Waals surface area contributed by atoms with Crippen LogP contribution in [0.1, 0.15) is 11.1 Å². The largest absolute Gasteiger partial charge is 0.497 e. The molecule has 0 aliphatic carbocycles. The van der Waals surface area contributed by atoms with Crippen molar-refractivity contribution in [1.82, 2.24) is 4.98 Å². The Morgan fingerprint density at radius 1 is 1.05 bits per heavy atom. The minimum atomic E-state index is 0.616. The molecule has 0 atom stereocenters. The third kappa shape index (κ3) is 2.17. The summed E-state index contributed by atoms with van der Waals surface area (Å²) in [7, 11) is 3.23. The Labute approximate surface area is 128 Å². The number of aromatic nitrogens is 1. The highest BCUT2D eigenvalue weighted by molar-refractivity contribution is 5.95. The zero-order chi connectivity index (χ0) is 15.7. The van der Waals surface area contributed by atoms with Crippen LogP contribution in [0.3, 0.4) is 0 Å². The zero-order valence-electron chi connectivity index (χ0n) is 12.7. The zero-order valence-corrected chi connectivity index (χ0v) is 12.7. The van der Waals surface area contributed by atoms with Gasteiger partial charge >= 0.3 is 0 Å². The number of nitriles is 1. The second-order valence-electron chi connectivity index (χ2n) is 5.10. The standard InChI is InChI=1S/C18H16N2O2/c1-11-4-6-16-13(8-11)15(10-19)18(20-16)14-9-12(21-2)5-7-17(14)22-3/h4-9,20H,1-3H3. The molecule has 0 aliphatic rings.